The first-order chi connectivity index (χ1) is 11.9. The van der Waals surface area contributed by atoms with Crippen molar-refractivity contribution in [3.8, 4) is 11.1 Å². The summed E-state index contributed by atoms with van der Waals surface area (Å²) < 4.78 is 0. The summed E-state index contributed by atoms with van der Waals surface area (Å²) in [5, 5.41) is 0. The minimum atomic E-state index is -0.298. The molecule has 0 aromatic heterocycles. The van der Waals surface area contributed by atoms with Gasteiger partial charge >= 0.3 is 0 Å². The Balaban J connectivity index is 1.48. The van der Waals surface area contributed by atoms with E-state index >= 15 is 0 Å². The molecule has 1 heterocycles. The zero-order valence-electron chi connectivity index (χ0n) is 15.0. The molecule has 25 heavy (non-hydrogen) atoms. The van der Waals surface area contributed by atoms with Gasteiger partial charge in [-0.05, 0) is 34.4 Å². The summed E-state index contributed by atoms with van der Waals surface area (Å²) in [6.07, 6.45) is 0.920. The smallest absolute Gasteiger partial charge is 0.225 e. The molecular formula is C22H26N2O. The lowest BCUT2D eigenvalue weighted by atomic mass is 9.48. The van der Waals surface area contributed by atoms with Crippen LogP contribution in [0.2, 0.25) is 0 Å². The van der Waals surface area contributed by atoms with Crippen LogP contribution < -0.4 is 5.73 Å². The summed E-state index contributed by atoms with van der Waals surface area (Å²) in [6, 6.07) is 19.2. The minimum absolute atomic E-state index is 0.112. The fourth-order valence-electron chi connectivity index (χ4n) is 5.13. The second-order valence-corrected chi connectivity index (χ2v) is 8.47. The van der Waals surface area contributed by atoms with Gasteiger partial charge in [0.15, 0.2) is 0 Å². The number of carbonyl (C=O) groups is 1. The second-order valence-electron chi connectivity index (χ2n) is 8.47. The fraction of sp³-hybridized carbons (Fsp3) is 0.409. The van der Waals surface area contributed by atoms with Crippen molar-refractivity contribution in [2.75, 3.05) is 13.1 Å². The van der Waals surface area contributed by atoms with Gasteiger partial charge in [0.1, 0.15) is 0 Å². The Hall–Kier alpha value is -2.13. The van der Waals surface area contributed by atoms with E-state index in [1.165, 1.54) is 16.7 Å². The predicted molar refractivity (Wildman–Crippen MR) is 101 cm³/mol. The van der Waals surface area contributed by atoms with Crippen molar-refractivity contribution in [1.29, 1.82) is 0 Å². The predicted octanol–water partition coefficient (Wildman–Crippen LogP) is 3.69. The van der Waals surface area contributed by atoms with Crippen molar-refractivity contribution in [2.24, 2.45) is 22.5 Å². The number of carbonyl (C=O) groups excluding carboxylic acids is 1. The maximum atomic E-state index is 12.1. The second kappa shape index (κ2) is 5.70. The molecule has 2 aromatic carbocycles. The molecule has 1 amide bonds. The summed E-state index contributed by atoms with van der Waals surface area (Å²) in [5.41, 5.74) is 9.46. The Morgan fingerprint density at radius 1 is 1.08 bits per heavy atom. The number of nitrogens with zero attached hydrogens (tertiary/aromatic N) is 1. The topological polar surface area (TPSA) is 46.3 Å². The fourth-order valence-corrected chi connectivity index (χ4v) is 5.13. The van der Waals surface area contributed by atoms with Crippen LogP contribution in [0, 0.1) is 16.7 Å². The average molecular weight is 334 g/mol. The number of primary amides is 1. The molecular weight excluding hydrogens is 308 g/mol. The third kappa shape index (κ3) is 2.67. The van der Waals surface area contributed by atoms with Crippen LogP contribution in [-0.2, 0) is 11.3 Å². The number of nitrogens with two attached hydrogens (primary N) is 1. The molecule has 1 aliphatic carbocycles. The SMILES string of the molecule is CC1(C)C[C@]2(C(N)=O)CN(Cc3ccc(-c4ccccc4)cc3)C[C@H]12. The molecule has 130 valence electrons. The molecule has 1 saturated carbocycles. The van der Waals surface area contributed by atoms with Gasteiger partial charge in [-0.2, -0.15) is 0 Å². The highest BCUT2D eigenvalue weighted by atomic mass is 16.1. The molecule has 3 heteroatoms. The Bertz CT molecular complexity index is 781. The van der Waals surface area contributed by atoms with Gasteiger partial charge in [-0.15, -0.1) is 0 Å². The third-order valence-electron chi connectivity index (χ3n) is 6.29. The first-order valence-electron chi connectivity index (χ1n) is 9.07. The molecule has 1 saturated heterocycles. The first kappa shape index (κ1) is 16.3. The van der Waals surface area contributed by atoms with Gasteiger partial charge in [-0.1, -0.05) is 68.4 Å². The Morgan fingerprint density at radius 3 is 2.28 bits per heavy atom. The Kier molecular flexibility index (Phi) is 3.73. The molecule has 4 rings (SSSR count). The normalized spacial score (nSPS) is 27.5. The molecule has 2 atom stereocenters. The van der Waals surface area contributed by atoms with Crippen LogP contribution in [0.5, 0.6) is 0 Å². The molecule has 2 fully saturated rings. The zero-order chi connectivity index (χ0) is 17.7. The third-order valence-corrected chi connectivity index (χ3v) is 6.29. The number of benzene rings is 2. The quantitative estimate of drug-likeness (QED) is 0.927. The van der Waals surface area contributed by atoms with Gasteiger partial charge in [0.05, 0.1) is 5.41 Å². The van der Waals surface area contributed by atoms with Crippen molar-refractivity contribution < 1.29 is 4.79 Å². The highest BCUT2D eigenvalue weighted by Crippen LogP contribution is 2.62. The Labute approximate surface area is 149 Å². The molecule has 2 N–H and O–H groups in total. The number of amides is 1. The van der Waals surface area contributed by atoms with Gasteiger partial charge in [0, 0.05) is 19.6 Å². The number of likely N-dealkylation sites (tertiary alicyclic amines) is 1. The van der Waals surface area contributed by atoms with Gasteiger partial charge in [0.2, 0.25) is 5.91 Å². The number of rotatable bonds is 4. The molecule has 3 nitrogen and oxygen atoms in total. The van der Waals surface area contributed by atoms with E-state index in [9.17, 15) is 4.79 Å². The molecule has 2 aliphatic rings. The first-order valence-corrected chi connectivity index (χ1v) is 9.07. The van der Waals surface area contributed by atoms with Crippen LogP contribution >= 0.6 is 0 Å². The van der Waals surface area contributed by atoms with Crippen molar-refractivity contribution >= 4 is 5.91 Å². The molecule has 2 aromatic rings. The van der Waals surface area contributed by atoms with Crippen LogP contribution in [-0.4, -0.2) is 23.9 Å². The lowest BCUT2D eigenvalue weighted by Gasteiger charge is -2.54. The number of fused-ring (bicyclic) bond motifs is 1. The summed E-state index contributed by atoms with van der Waals surface area (Å²) >= 11 is 0. The van der Waals surface area contributed by atoms with Crippen molar-refractivity contribution in [3.63, 3.8) is 0 Å². The minimum Gasteiger partial charge on any atom is -0.369 e. The van der Waals surface area contributed by atoms with Crippen LogP contribution in [0.15, 0.2) is 54.6 Å². The Morgan fingerprint density at radius 2 is 1.72 bits per heavy atom. The van der Waals surface area contributed by atoms with Gasteiger partial charge in [0.25, 0.3) is 0 Å². The van der Waals surface area contributed by atoms with E-state index in [-0.39, 0.29) is 16.7 Å². The highest BCUT2D eigenvalue weighted by Gasteiger charge is 2.65. The summed E-state index contributed by atoms with van der Waals surface area (Å²) in [6.45, 7) is 7.18. The van der Waals surface area contributed by atoms with E-state index in [0.29, 0.717) is 5.92 Å². The average Bonchev–Trinajstić information content (AvgIpc) is 2.92. The maximum absolute atomic E-state index is 12.1. The standard InChI is InChI=1S/C22H26N2O/c1-21(2)14-22(20(23)25)15-24(13-19(21)22)12-16-8-10-18(11-9-16)17-6-4-3-5-7-17/h3-11,19H,12-15H2,1-2H3,(H2,23,25)/t19-,22+/m1/s1. The van der Waals surface area contributed by atoms with Crippen molar-refractivity contribution in [3.05, 3.63) is 60.2 Å². The zero-order valence-corrected chi connectivity index (χ0v) is 15.0. The molecule has 0 bridgehead atoms. The van der Waals surface area contributed by atoms with Crippen LogP contribution in [0.3, 0.4) is 0 Å². The lowest BCUT2D eigenvalue weighted by molar-refractivity contribution is -0.148. The van der Waals surface area contributed by atoms with E-state index in [0.717, 1.165) is 26.1 Å². The highest BCUT2D eigenvalue weighted by molar-refractivity contribution is 5.83. The summed E-state index contributed by atoms with van der Waals surface area (Å²) in [4.78, 5) is 14.5. The summed E-state index contributed by atoms with van der Waals surface area (Å²) in [7, 11) is 0. The van der Waals surface area contributed by atoms with Gasteiger partial charge in [-0.3, -0.25) is 9.69 Å². The van der Waals surface area contributed by atoms with E-state index < -0.39 is 0 Å². The van der Waals surface area contributed by atoms with E-state index in [4.69, 9.17) is 5.73 Å². The van der Waals surface area contributed by atoms with Gasteiger partial charge in [-0.25, -0.2) is 0 Å². The molecule has 0 spiro atoms. The van der Waals surface area contributed by atoms with Crippen LogP contribution in [0.25, 0.3) is 11.1 Å². The molecule has 1 aliphatic heterocycles. The van der Waals surface area contributed by atoms with Gasteiger partial charge < -0.3 is 5.73 Å². The van der Waals surface area contributed by atoms with Crippen molar-refractivity contribution in [2.45, 2.75) is 26.8 Å². The molecule has 0 unspecified atom stereocenters. The van der Waals surface area contributed by atoms with E-state index in [1.54, 1.807) is 0 Å². The van der Waals surface area contributed by atoms with Crippen LogP contribution in [0.4, 0.5) is 0 Å². The van der Waals surface area contributed by atoms with E-state index in [1.807, 2.05) is 6.07 Å². The van der Waals surface area contributed by atoms with Crippen LogP contribution in [0.1, 0.15) is 25.8 Å². The summed E-state index contributed by atoms with van der Waals surface area (Å²) in [5.74, 6) is 0.278. The number of hydrogen-bond donors (Lipinski definition) is 1. The van der Waals surface area contributed by atoms with Crippen molar-refractivity contribution in [1.82, 2.24) is 4.90 Å². The number of hydrogen-bond acceptors (Lipinski definition) is 2. The largest absolute Gasteiger partial charge is 0.369 e. The molecule has 0 radical (unpaired) electrons. The monoisotopic (exact) mass is 334 g/mol. The van der Waals surface area contributed by atoms with E-state index in [2.05, 4.69) is 67.3 Å². The maximum Gasteiger partial charge on any atom is 0.225 e. The lowest BCUT2D eigenvalue weighted by Crippen LogP contribution is -2.59.